The van der Waals surface area contributed by atoms with Gasteiger partial charge in [0.25, 0.3) is 0 Å². The molecule has 3 heteroatoms. The molecule has 0 aliphatic rings. The van der Waals surface area contributed by atoms with E-state index in [0.29, 0.717) is 5.41 Å². The van der Waals surface area contributed by atoms with E-state index in [1.54, 1.807) is 6.20 Å². The smallest absolute Gasteiger partial charge is 0.170 e. The van der Waals surface area contributed by atoms with Crippen molar-refractivity contribution in [3.63, 3.8) is 0 Å². The standard InChI is InChI=1S/C16H24N2O/c1-15(2,3)8-7-12-11-10-17-19-13(11)9-14(18-12)16(4,5)6/h9-10H,7-8H2,1-6H3. The van der Waals surface area contributed by atoms with Crippen molar-refractivity contribution in [2.24, 2.45) is 5.41 Å². The molecule has 0 bridgehead atoms. The predicted molar refractivity (Wildman–Crippen MR) is 78.3 cm³/mol. The fraction of sp³-hybridized carbons (Fsp3) is 0.625. The Labute approximate surface area is 115 Å². The summed E-state index contributed by atoms with van der Waals surface area (Å²) in [7, 11) is 0. The summed E-state index contributed by atoms with van der Waals surface area (Å²) < 4.78 is 5.34. The first-order valence-corrected chi connectivity index (χ1v) is 6.92. The number of aromatic nitrogens is 2. The molecule has 2 aromatic rings. The Morgan fingerprint density at radius 3 is 2.37 bits per heavy atom. The summed E-state index contributed by atoms with van der Waals surface area (Å²) in [5.41, 5.74) is 3.36. The average molecular weight is 260 g/mol. The van der Waals surface area contributed by atoms with E-state index in [-0.39, 0.29) is 5.41 Å². The van der Waals surface area contributed by atoms with E-state index >= 15 is 0 Å². The van der Waals surface area contributed by atoms with Gasteiger partial charge in [0.05, 0.1) is 17.3 Å². The summed E-state index contributed by atoms with van der Waals surface area (Å²) >= 11 is 0. The third kappa shape index (κ3) is 3.34. The van der Waals surface area contributed by atoms with E-state index in [2.05, 4.69) is 46.7 Å². The third-order valence-corrected chi connectivity index (χ3v) is 3.31. The molecule has 3 nitrogen and oxygen atoms in total. The molecule has 0 N–H and O–H groups in total. The summed E-state index contributed by atoms with van der Waals surface area (Å²) in [6.45, 7) is 13.3. The molecule has 0 aliphatic carbocycles. The van der Waals surface area contributed by atoms with Crippen molar-refractivity contribution in [2.45, 2.75) is 59.8 Å². The van der Waals surface area contributed by atoms with Crippen LogP contribution in [0.2, 0.25) is 0 Å². The molecule has 0 aromatic carbocycles. The van der Waals surface area contributed by atoms with Crippen molar-refractivity contribution in [2.75, 3.05) is 0 Å². The number of hydrogen-bond donors (Lipinski definition) is 0. The quantitative estimate of drug-likeness (QED) is 0.798. The van der Waals surface area contributed by atoms with Gasteiger partial charge in [-0.05, 0) is 18.3 Å². The average Bonchev–Trinajstić information content (AvgIpc) is 2.71. The minimum absolute atomic E-state index is 0.0253. The fourth-order valence-electron chi connectivity index (χ4n) is 2.00. The summed E-state index contributed by atoms with van der Waals surface area (Å²) in [5.74, 6) is 0. The summed E-state index contributed by atoms with van der Waals surface area (Å²) in [6, 6.07) is 2.02. The maximum atomic E-state index is 5.34. The molecule has 104 valence electrons. The molecule has 2 heterocycles. The first-order valence-electron chi connectivity index (χ1n) is 6.92. The highest BCUT2D eigenvalue weighted by molar-refractivity contribution is 5.79. The van der Waals surface area contributed by atoms with Crippen molar-refractivity contribution in [1.29, 1.82) is 0 Å². The molecule has 0 aliphatic heterocycles. The van der Waals surface area contributed by atoms with Crippen LogP contribution < -0.4 is 0 Å². The molecule has 2 rings (SSSR count). The van der Waals surface area contributed by atoms with Crippen LogP contribution in [0.3, 0.4) is 0 Å². The topological polar surface area (TPSA) is 38.9 Å². The maximum Gasteiger partial charge on any atom is 0.170 e. The lowest BCUT2D eigenvalue weighted by molar-refractivity contribution is 0.376. The Hall–Kier alpha value is -1.38. The van der Waals surface area contributed by atoms with Crippen molar-refractivity contribution in [3.05, 3.63) is 23.7 Å². The van der Waals surface area contributed by atoms with E-state index < -0.39 is 0 Å². The SMILES string of the molecule is CC(C)(C)CCc1nc(C(C)(C)C)cc2oncc12. The first-order chi connectivity index (χ1) is 8.67. The van der Waals surface area contributed by atoms with Gasteiger partial charge in [0.2, 0.25) is 0 Å². The predicted octanol–water partition coefficient (Wildman–Crippen LogP) is 4.50. The highest BCUT2D eigenvalue weighted by Gasteiger charge is 2.20. The van der Waals surface area contributed by atoms with Gasteiger partial charge in [0.15, 0.2) is 5.58 Å². The minimum atomic E-state index is 0.0253. The van der Waals surface area contributed by atoms with Crippen LogP contribution in [0.15, 0.2) is 16.8 Å². The molecule has 0 saturated heterocycles. The molecule has 0 amide bonds. The van der Waals surface area contributed by atoms with E-state index in [1.165, 1.54) is 0 Å². The Morgan fingerprint density at radius 2 is 1.79 bits per heavy atom. The minimum Gasteiger partial charge on any atom is -0.356 e. The normalized spacial score (nSPS) is 13.2. The Bertz CT molecular complexity index is 570. The zero-order chi connectivity index (χ0) is 14.3. The van der Waals surface area contributed by atoms with Crippen LogP contribution in [-0.4, -0.2) is 10.1 Å². The molecule has 0 fully saturated rings. The number of rotatable bonds is 2. The van der Waals surface area contributed by atoms with Crippen LogP contribution in [0, 0.1) is 5.41 Å². The van der Waals surface area contributed by atoms with E-state index in [9.17, 15) is 0 Å². The molecule has 2 aromatic heterocycles. The number of fused-ring (bicyclic) bond motifs is 1. The summed E-state index contributed by atoms with van der Waals surface area (Å²) in [4.78, 5) is 4.85. The second kappa shape index (κ2) is 4.62. The molecule has 0 saturated carbocycles. The summed E-state index contributed by atoms with van der Waals surface area (Å²) in [6.07, 6.45) is 3.85. The Morgan fingerprint density at radius 1 is 1.11 bits per heavy atom. The number of nitrogens with zero attached hydrogens (tertiary/aromatic N) is 2. The van der Waals surface area contributed by atoms with Gasteiger partial charge in [-0.1, -0.05) is 46.7 Å². The van der Waals surface area contributed by atoms with Crippen LogP contribution in [0.25, 0.3) is 11.0 Å². The lowest BCUT2D eigenvalue weighted by Crippen LogP contribution is -2.15. The van der Waals surface area contributed by atoms with Gasteiger partial charge in [-0.3, -0.25) is 4.98 Å². The maximum absolute atomic E-state index is 5.34. The van der Waals surface area contributed by atoms with Crippen LogP contribution in [0.4, 0.5) is 0 Å². The monoisotopic (exact) mass is 260 g/mol. The van der Waals surface area contributed by atoms with Crippen LogP contribution in [-0.2, 0) is 11.8 Å². The van der Waals surface area contributed by atoms with Crippen molar-refractivity contribution in [3.8, 4) is 0 Å². The lowest BCUT2D eigenvalue weighted by atomic mass is 9.88. The van der Waals surface area contributed by atoms with Crippen molar-refractivity contribution in [1.82, 2.24) is 10.1 Å². The van der Waals surface area contributed by atoms with E-state index in [1.807, 2.05) is 6.07 Å². The van der Waals surface area contributed by atoms with Gasteiger partial charge in [-0.2, -0.15) is 0 Å². The molecule has 19 heavy (non-hydrogen) atoms. The summed E-state index contributed by atoms with van der Waals surface area (Å²) in [5, 5.41) is 4.97. The highest BCUT2D eigenvalue weighted by Crippen LogP contribution is 2.28. The molecule has 0 radical (unpaired) electrons. The zero-order valence-corrected chi connectivity index (χ0v) is 12.9. The third-order valence-electron chi connectivity index (χ3n) is 3.31. The molecule has 0 unspecified atom stereocenters. The van der Waals surface area contributed by atoms with Gasteiger partial charge >= 0.3 is 0 Å². The van der Waals surface area contributed by atoms with E-state index in [0.717, 1.165) is 35.2 Å². The number of pyridine rings is 1. The highest BCUT2D eigenvalue weighted by atomic mass is 16.5. The van der Waals surface area contributed by atoms with Gasteiger partial charge in [0.1, 0.15) is 0 Å². The van der Waals surface area contributed by atoms with Gasteiger partial charge in [0, 0.05) is 17.2 Å². The van der Waals surface area contributed by atoms with Crippen LogP contribution in [0.1, 0.15) is 59.4 Å². The van der Waals surface area contributed by atoms with Gasteiger partial charge in [-0.25, -0.2) is 0 Å². The molecular formula is C16H24N2O. The zero-order valence-electron chi connectivity index (χ0n) is 12.9. The fourth-order valence-corrected chi connectivity index (χ4v) is 2.00. The largest absolute Gasteiger partial charge is 0.356 e. The Balaban J connectivity index is 2.43. The molecular weight excluding hydrogens is 236 g/mol. The Kier molecular flexibility index (Phi) is 3.41. The van der Waals surface area contributed by atoms with Crippen LogP contribution in [0.5, 0.6) is 0 Å². The first kappa shape index (κ1) is 14.0. The van der Waals surface area contributed by atoms with Crippen LogP contribution >= 0.6 is 0 Å². The molecule has 0 atom stereocenters. The second-order valence-electron chi connectivity index (χ2n) is 7.50. The van der Waals surface area contributed by atoms with E-state index in [4.69, 9.17) is 9.51 Å². The van der Waals surface area contributed by atoms with Crippen molar-refractivity contribution >= 4 is 11.0 Å². The second-order valence-corrected chi connectivity index (χ2v) is 7.50. The van der Waals surface area contributed by atoms with Gasteiger partial charge < -0.3 is 4.52 Å². The van der Waals surface area contributed by atoms with Gasteiger partial charge in [-0.15, -0.1) is 0 Å². The number of aryl methyl sites for hydroxylation is 1. The molecule has 0 spiro atoms. The lowest BCUT2D eigenvalue weighted by Gasteiger charge is -2.20. The van der Waals surface area contributed by atoms with Crippen molar-refractivity contribution < 1.29 is 4.52 Å². The number of hydrogen-bond acceptors (Lipinski definition) is 3.